The van der Waals surface area contributed by atoms with Gasteiger partial charge in [0.2, 0.25) is 11.8 Å². The highest BCUT2D eigenvalue weighted by Crippen LogP contribution is 2.26. The number of benzene rings is 1. The van der Waals surface area contributed by atoms with Gasteiger partial charge in [0.05, 0.1) is 25.2 Å². The minimum Gasteiger partial charge on any atom is -0.481 e. The van der Waals surface area contributed by atoms with Crippen LogP contribution in [-0.4, -0.2) is 53.6 Å². The predicted octanol–water partition coefficient (Wildman–Crippen LogP) is 3.31. The second kappa shape index (κ2) is 8.52. The van der Waals surface area contributed by atoms with Gasteiger partial charge in [0.1, 0.15) is 5.52 Å². The molecule has 1 aliphatic heterocycles. The van der Waals surface area contributed by atoms with Gasteiger partial charge in [-0.05, 0) is 44.0 Å². The van der Waals surface area contributed by atoms with Crippen LogP contribution < -0.4 is 4.74 Å². The van der Waals surface area contributed by atoms with Crippen LogP contribution in [0.4, 0.5) is 0 Å². The molecule has 3 aromatic rings. The number of methoxy groups -OCH3 is 1. The van der Waals surface area contributed by atoms with Crippen LogP contribution in [0.15, 0.2) is 40.9 Å². The third kappa shape index (κ3) is 3.98. The number of piperidine rings is 1. The summed E-state index contributed by atoms with van der Waals surface area (Å²) in [5.41, 5.74) is 2.40. The number of amides is 1. The summed E-state index contributed by atoms with van der Waals surface area (Å²) in [4.78, 5) is 35.4. The molecule has 0 saturated carbocycles. The minimum atomic E-state index is -0.271. The summed E-state index contributed by atoms with van der Waals surface area (Å²) in [6, 6.07) is 8.72. The summed E-state index contributed by atoms with van der Waals surface area (Å²) in [5.74, 6) is 0.296. The normalized spacial score (nSPS) is 16.5. The van der Waals surface area contributed by atoms with Gasteiger partial charge in [-0.1, -0.05) is 0 Å². The number of fused-ring (bicyclic) bond motifs is 1. The standard InChI is InChI=1S/C22H23N3O5/c1-3-29-22(27)16-5-4-10-25(13-16)21(26)14-6-8-18-17(11-14)24-20(30-18)15-7-9-19(28-2)23-12-15/h6-9,11-12,16H,3-5,10,13H2,1-2H3. The maximum absolute atomic E-state index is 13.0. The van der Waals surface area contributed by atoms with Crippen molar-refractivity contribution in [1.82, 2.24) is 14.9 Å². The maximum Gasteiger partial charge on any atom is 0.310 e. The average Bonchev–Trinajstić information content (AvgIpc) is 3.22. The third-order valence-corrected chi connectivity index (χ3v) is 5.16. The molecule has 156 valence electrons. The molecule has 1 unspecified atom stereocenters. The molecule has 1 fully saturated rings. The van der Waals surface area contributed by atoms with E-state index in [2.05, 4.69) is 9.97 Å². The SMILES string of the molecule is CCOC(=O)C1CCCN(C(=O)c2ccc3oc(-c4ccc(OC)nc4)nc3c2)C1. The van der Waals surface area contributed by atoms with Crippen molar-refractivity contribution in [3.63, 3.8) is 0 Å². The number of pyridine rings is 1. The highest BCUT2D eigenvalue weighted by Gasteiger charge is 2.30. The zero-order chi connectivity index (χ0) is 21.1. The number of carbonyl (C=O) groups excluding carboxylic acids is 2. The van der Waals surface area contributed by atoms with Gasteiger partial charge in [0.25, 0.3) is 5.91 Å². The molecule has 0 N–H and O–H groups in total. The number of esters is 1. The molecule has 1 saturated heterocycles. The number of rotatable bonds is 5. The lowest BCUT2D eigenvalue weighted by Crippen LogP contribution is -2.42. The Labute approximate surface area is 173 Å². The van der Waals surface area contributed by atoms with Crippen LogP contribution in [0.25, 0.3) is 22.6 Å². The van der Waals surface area contributed by atoms with Gasteiger partial charge in [-0.15, -0.1) is 0 Å². The first-order valence-corrected chi connectivity index (χ1v) is 9.96. The summed E-state index contributed by atoms with van der Waals surface area (Å²) in [6.45, 7) is 3.12. The lowest BCUT2D eigenvalue weighted by Gasteiger charge is -2.31. The molecule has 8 heteroatoms. The number of aromatic nitrogens is 2. The molecule has 1 aliphatic rings. The van der Waals surface area contributed by atoms with Crippen molar-refractivity contribution < 1.29 is 23.5 Å². The van der Waals surface area contributed by atoms with Gasteiger partial charge in [-0.25, -0.2) is 9.97 Å². The molecule has 0 bridgehead atoms. The fraction of sp³-hybridized carbons (Fsp3) is 0.364. The lowest BCUT2D eigenvalue weighted by atomic mass is 9.97. The summed E-state index contributed by atoms with van der Waals surface area (Å²) in [6.07, 6.45) is 3.14. The highest BCUT2D eigenvalue weighted by molar-refractivity contribution is 5.97. The first-order valence-electron chi connectivity index (χ1n) is 9.96. The van der Waals surface area contributed by atoms with E-state index < -0.39 is 0 Å². The second-order valence-electron chi connectivity index (χ2n) is 7.13. The van der Waals surface area contributed by atoms with Crippen molar-refractivity contribution in [3.8, 4) is 17.3 Å². The van der Waals surface area contributed by atoms with E-state index in [4.69, 9.17) is 13.9 Å². The summed E-state index contributed by atoms with van der Waals surface area (Å²) in [7, 11) is 1.55. The summed E-state index contributed by atoms with van der Waals surface area (Å²) in [5, 5.41) is 0. The van der Waals surface area contributed by atoms with E-state index >= 15 is 0 Å². The molecule has 0 spiro atoms. The van der Waals surface area contributed by atoms with Crippen LogP contribution in [0, 0.1) is 5.92 Å². The van der Waals surface area contributed by atoms with Crippen molar-refractivity contribution >= 4 is 23.0 Å². The van der Waals surface area contributed by atoms with Crippen LogP contribution >= 0.6 is 0 Å². The smallest absolute Gasteiger partial charge is 0.310 e. The third-order valence-electron chi connectivity index (χ3n) is 5.16. The van der Waals surface area contributed by atoms with E-state index in [1.165, 1.54) is 0 Å². The molecular weight excluding hydrogens is 386 g/mol. The predicted molar refractivity (Wildman–Crippen MR) is 109 cm³/mol. The van der Waals surface area contributed by atoms with Gasteiger partial charge in [0, 0.05) is 30.9 Å². The Morgan fingerprint density at radius 3 is 2.87 bits per heavy atom. The number of likely N-dealkylation sites (tertiary alicyclic amines) is 1. The Morgan fingerprint density at radius 1 is 1.27 bits per heavy atom. The van der Waals surface area contributed by atoms with E-state index in [-0.39, 0.29) is 17.8 Å². The molecule has 8 nitrogen and oxygen atoms in total. The van der Waals surface area contributed by atoms with Crippen LogP contribution in [0.5, 0.6) is 5.88 Å². The van der Waals surface area contributed by atoms with Gasteiger partial charge in [0.15, 0.2) is 5.58 Å². The lowest BCUT2D eigenvalue weighted by molar-refractivity contribution is -0.149. The highest BCUT2D eigenvalue weighted by atomic mass is 16.5. The van der Waals surface area contributed by atoms with E-state index in [9.17, 15) is 9.59 Å². The Balaban J connectivity index is 1.54. The van der Waals surface area contributed by atoms with Crippen molar-refractivity contribution in [2.75, 3.05) is 26.8 Å². The number of hydrogen-bond acceptors (Lipinski definition) is 7. The van der Waals surface area contributed by atoms with Crippen LogP contribution in [0.1, 0.15) is 30.1 Å². The molecule has 4 rings (SSSR count). The van der Waals surface area contributed by atoms with Gasteiger partial charge in [-0.3, -0.25) is 9.59 Å². The molecule has 1 amide bonds. The fourth-order valence-electron chi connectivity index (χ4n) is 3.61. The Bertz CT molecular complexity index is 1060. The Hall–Kier alpha value is -3.42. The monoisotopic (exact) mass is 409 g/mol. The maximum atomic E-state index is 13.0. The molecule has 30 heavy (non-hydrogen) atoms. The summed E-state index contributed by atoms with van der Waals surface area (Å²) < 4.78 is 16.0. The minimum absolute atomic E-state index is 0.124. The summed E-state index contributed by atoms with van der Waals surface area (Å²) >= 11 is 0. The van der Waals surface area contributed by atoms with Gasteiger partial charge >= 0.3 is 5.97 Å². The number of carbonyl (C=O) groups is 2. The molecule has 1 atom stereocenters. The van der Waals surface area contributed by atoms with Crippen molar-refractivity contribution in [1.29, 1.82) is 0 Å². The van der Waals surface area contributed by atoms with E-state index in [1.54, 1.807) is 49.4 Å². The first kappa shape index (κ1) is 19.9. The molecule has 3 heterocycles. The van der Waals surface area contributed by atoms with Crippen molar-refractivity contribution in [3.05, 3.63) is 42.1 Å². The van der Waals surface area contributed by atoms with Gasteiger partial charge in [-0.2, -0.15) is 0 Å². The van der Waals surface area contributed by atoms with Crippen LogP contribution in [-0.2, 0) is 9.53 Å². The number of hydrogen-bond donors (Lipinski definition) is 0. The van der Waals surface area contributed by atoms with E-state index in [0.29, 0.717) is 53.7 Å². The fourth-order valence-corrected chi connectivity index (χ4v) is 3.61. The van der Waals surface area contributed by atoms with Crippen LogP contribution in [0.2, 0.25) is 0 Å². The molecule has 0 radical (unpaired) electrons. The Kier molecular flexibility index (Phi) is 5.65. The van der Waals surface area contributed by atoms with E-state index in [0.717, 1.165) is 12.8 Å². The van der Waals surface area contributed by atoms with Crippen molar-refractivity contribution in [2.24, 2.45) is 5.92 Å². The van der Waals surface area contributed by atoms with Gasteiger partial charge < -0.3 is 18.8 Å². The molecular formula is C22H23N3O5. The molecule has 1 aromatic carbocycles. The quantitative estimate of drug-likeness (QED) is 0.597. The number of nitrogens with zero attached hydrogens (tertiary/aromatic N) is 3. The zero-order valence-corrected chi connectivity index (χ0v) is 17.0. The van der Waals surface area contributed by atoms with E-state index in [1.807, 2.05) is 6.07 Å². The second-order valence-corrected chi connectivity index (χ2v) is 7.13. The number of oxazole rings is 1. The van der Waals surface area contributed by atoms with Crippen LogP contribution in [0.3, 0.4) is 0 Å². The molecule has 2 aromatic heterocycles. The Morgan fingerprint density at radius 2 is 2.13 bits per heavy atom. The van der Waals surface area contributed by atoms with Crippen molar-refractivity contribution in [2.45, 2.75) is 19.8 Å². The zero-order valence-electron chi connectivity index (χ0n) is 17.0. The average molecular weight is 409 g/mol. The first-order chi connectivity index (χ1) is 14.6. The number of ether oxygens (including phenoxy) is 2. The molecule has 0 aliphatic carbocycles. The largest absolute Gasteiger partial charge is 0.481 e. The topological polar surface area (TPSA) is 94.8 Å².